The van der Waals surface area contributed by atoms with E-state index in [0.717, 1.165) is 22.6 Å². The molecule has 2 heterocycles. The molecule has 6 nitrogen and oxygen atoms in total. The van der Waals surface area contributed by atoms with Crippen LogP contribution in [0.15, 0.2) is 42.9 Å². The highest BCUT2D eigenvalue weighted by Gasteiger charge is 2.20. The Bertz CT molecular complexity index is 842. The van der Waals surface area contributed by atoms with Crippen LogP contribution < -0.4 is 0 Å². The molecule has 0 saturated carbocycles. The number of aromatic nitrogens is 4. The lowest BCUT2D eigenvalue weighted by Gasteiger charge is -2.22. The molecule has 0 aliphatic heterocycles. The third-order valence-corrected chi connectivity index (χ3v) is 3.91. The Morgan fingerprint density at radius 2 is 2.00 bits per heavy atom. The van der Waals surface area contributed by atoms with Crippen LogP contribution in [0.2, 0.25) is 0 Å². The van der Waals surface area contributed by atoms with Gasteiger partial charge in [0.2, 0.25) is 5.91 Å². The first-order valence-corrected chi connectivity index (χ1v) is 7.51. The van der Waals surface area contributed by atoms with Gasteiger partial charge in [0.25, 0.3) is 0 Å². The SMILES string of the molecule is Cc1nccn1[C@@H](C)C(=O)N(C)Cc1cnc2ccccc2n1. The Kier molecular flexibility index (Phi) is 4.06. The lowest BCUT2D eigenvalue weighted by atomic mass is 10.2. The Balaban J connectivity index is 1.75. The van der Waals surface area contributed by atoms with E-state index in [4.69, 9.17) is 0 Å². The lowest BCUT2D eigenvalue weighted by Crippen LogP contribution is -2.33. The number of imidazole rings is 1. The number of amides is 1. The summed E-state index contributed by atoms with van der Waals surface area (Å²) in [7, 11) is 1.78. The molecule has 0 bridgehead atoms. The maximum atomic E-state index is 12.6. The van der Waals surface area contributed by atoms with Gasteiger partial charge in [0.15, 0.2) is 0 Å². The van der Waals surface area contributed by atoms with Gasteiger partial charge >= 0.3 is 0 Å². The molecule has 0 aliphatic rings. The number of carbonyl (C=O) groups is 1. The monoisotopic (exact) mass is 309 g/mol. The standard InChI is InChI=1S/C17H19N5O/c1-12(22-9-8-18-13(22)2)17(23)21(3)11-14-10-19-15-6-4-5-7-16(15)20-14/h4-10,12H,11H2,1-3H3/t12-/m0/s1. The molecule has 0 unspecified atom stereocenters. The molecular weight excluding hydrogens is 290 g/mol. The van der Waals surface area contributed by atoms with Gasteiger partial charge in [-0.1, -0.05) is 12.1 Å². The van der Waals surface area contributed by atoms with E-state index in [1.165, 1.54) is 0 Å². The second-order valence-electron chi connectivity index (χ2n) is 5.60. The molecule has 0 aliphatic carbocycles. The summed E-state index contributed by atoms with van der Waals surface area (Å²) >= 11 is 0. The Labute approximate surface area is 134 Å². The van der Waals surface area contributed by atoms with Crippen LogP contribution in [-0.2, 0) is 11.3 Å². The van der Waals surface area contributed by atoms with Crippen LogP contribution in [-0.4, -0.2) is 37.4 Å². The van der Waals surface area contributed by atoms with Gasteiger partial charge in [-0.05, 0) is 26.0 Å². The molecule has 0 spiro atoms. The van der Waals surface area contributed by atoms with Crippen LogP contribution in [0, 0.1) is 6.92 Å². The van der Waals surface area contributed by atoms with Crippen LogP contribution >= 0.6 is 0 Å². The Hall–Kier alpha value is -2.76. The molecule has 2 aromatic heterocycles. The molecule has 1 amide bonds. The quantitative estimate of drug-likeness (QED) is 0.742. The summed E-state index contributed by atoms with van der Waals surface area (Å²) in [5.74, 6) is 0.839. The van der Waals surface area contributed by atoms with E-state index in [1.54, 1.807) is 24.3 Å². The molecule has 0 radical (unpaired) electrons. The number of benzene rings is 1. The van der Waals surface area contributed by atoms with Crippen LogP contribution in [0.4, 0.5) is 0 Å². The van der Waals surface area contributed by atoms with E-state index >= 15 is 0 Å². The predicted molar refractivity (Wildman–Crippen MR) is 87.7 cm³/mol. The highest BCUT2D eigenvalue weighted by molar-refractivity contribution is 5.80. The minimum Gasteiger partial charge on any atom is -0.338 e. The molecule has 3 aromatic rings. The van der Waals surface area contributed by atoms with Crippen molar-refractivity contribution in [1.29, 1.82) is 0 Å². The second kappa shape index (κ2) is 6.16. The number of carbonyl (C=O) groups excluding carboxylic acids is 1. The van der Waals surface area contributed by atoms with E-state index in [-0.39, 0.29) is 11.9 Å². The first-order chi connectivity index (χ1) is 11.1. The minimum absolute atomic E-state index is 0.0149. The van der Waals surface area contributed by atoms with Gasteiger partial charge in [0.1, 0.15) is 11.9 Å². The first kappa shape index (κ1) is 15.1. The third kappa shape index (κ3) is 3.06. The number of rotatable bonds is 4. The molecular formula is C17H19N5O. The van der Waals surface area contributed by atoms with Crippen molar-refractivity contribution in [2.75, 3.05) is 7.05 Å². The van der Waals surface area contributed by atoms with Gasteiger partial charge in [-0.15, -0.1) is 0 Å². The molecule has 6 heteroatoms. The summed E-state index contributed by atoms with van der Waals surface area (Å²) in [4.78, 5) is 27.4. The molecule has 0 saturated heterocycles. The summed E-state index contributed by atoms with van der Waals surface area (Å²) in [6.45, 7) is 4.19. The number of hydrogen-bond acceptors (Lipinski definition) is 4. The van der Waals surface area contributed by atoms with E-state index in [1.807, 2.05) is 48.9 Å². The van der Waals surface area contributed by atoms with Crippen molar-refractivity contribution in [2.45, 2.75) is 26.4 Å². The fourth-order valence-corrected chi connectivity index (χ4v) is 2.63. The van der Waals surface area contributed by atoms with Gasteiger partial charge in [0, 0.05) is 19.4 Å². The Morgan fingerprint density at radius 1 is 1.26 bits per heavy atom. The molecule has 0 N–H and O–H groups in total. The number of fused-ring (bicyclic) bond motifs is 1. The van der Waals surface area contributed by atoms with Crippen molar-refractivity contribution in [3.8, 4) is 0 Å². The largest absolute Gasteiger partial charge is 0.338 e. The summed E-state index contributed by atoms with van der Waals surface area (Å²) in [5, 5.41) is 0. The maximum absolute atomic E-state index is 12.6. The van der Waals surface area contributed by atoms with Crippen LogP contribution in [0.3, 0.4) is 0 Å². The molecule has 118 valence electrons. The highest BCUT2D eigenvalue weighted by Crippen LogP contribution is 2.14. The average molecular weight is 309 g/mol. The molecule has 0 fully saturated rings. The minimum atomic E-state index is -0.295. The number of hydrogen-bond donors (Lipinski definition) is 0. The smallest absolute Gasteiger partial charge is 0.245 e. The lowest BCUT2D eigenvalue weighted by molar-refractivity contribution is -0.133. The molecule has 1 aromatic carbocycles. The van der Waals surface area contributed by atoms with Gasteiger partial charge in [-0.25, -0.2) is 9.97 Å². The number of aryl methyl sites for hydroxylation is 1. The summed E-state index contributed by atoms with van der Waals surface area (Å²) in [5.41, 5.74) is 2.46. The zero-order valence-corrected chi connectivity index (χ0v) is 13.5. The van der Waals surface area contributed by atoms with Crippen LogP contribution in [0.1, 0.15) is 24.5 Å². The fraction of sp³-hybridized carbons (Fsp3) is 0.294. The van der Waals surface area contributed by atoms with E-state index in [9.17, 15) is 4.79 Å². The van der Waals surface area contributed by atoms with Gasteiger partial charge in [-0.3, -0.25) is 9.78 Å². The van der Waals surface area contributed by atoms with E-state index in [2.05, 4.69) is 15.0 Å². The summed E-state index contributed by atoms with van der Waals surface area (Å²) in [6, 6.07) is 7.41. The van der Waals surface area contributed by atoms with Crippen molar-refractivity contribution in [3.05, 3.63) is 54.4 Å². The number of likely N-dealkylation sites (N-methyl/N-ethyl adjacent to an activating group) is 1. The Morgan fingerprint density at radius 3 is 2.70 bits per heavy atom. The number of para-hydroxylation sites is 2. The molecule has 1 atom stereocenters. The van der Waals surface area contributed by atoms with Gasteiger partial charge in [0.05, 0.1) is 29.5 Å². The zero-order valence-electron chi connectivity index (χ0n) is 13.5. The van der Waals surface area contributed by atoms with Crippen molar-refractivity contribution >= 4 is 16.9 Å². The third-order valence-electron chi connectivity index (χ3n) is 3.91. The summed E-state index contributed by atoms with van der Waals surface area (Å²) in [6.07, 6.45) is 5.24. The van der Waals surface area contributed by atoms with E-state index in [0.29, 0.717) is 6.54 Å². The van der Waals surface area contributed by atoms with Crippen LogP contribution in [0.5, 0.6) is 0 Å². The highest BCUT2D eigenvalue weighted by atomic mass is 16.2. The topological polar surface area (TPSA) is 63.9 Å². The van der Waals surface area contributed by atoms with Gasteiger partial charge < -0.3 is 9.47 Å². The normalized spacial score (nSPS) is 12.3. The average Bonchev–Trinajstić information content (AvgIpc) is 2.99. The second-order valence-corrected chi connectivity index (χ2v) is 5.60. The van der Waals surface area contributed by atoms with Gasteiger partial charge in [-0.2, -0.15) is 0 Å². The predicted octanol–water partition coefficient (Wildman–Crippen LogP) is 2.35. The molecule has 23 heavy (non-hydrogen) atoms. The molecule has 3 rings (SSSR count). The van der Waals surface area contributed by atoms with Crippen LogP contribution in [0.25, 0.3) is 11.0 Å². The summed E-state index contributed by atoms with van der Waals surface area (Å²) < 4.78 is 1.87. The van der Waals surface area contributed by atoms with Crippen molar-refractivity contribution in [2.24, 2.45) is 0 Å². The fourth-order valence-electron chi connectivity index (χ4n) is 2.63. The van der Waals surface area contributed by atoms with Crippen molar-refractivity contribution in [3.63, 3.8) is 0 Å². The number of nitrogens with zero attached hydrogens (tertiary/aromatic N) is 5. The zero-order chi connectivity index (χ0) is 16.4. The maximum Gasteiger partial charge on any atom is 0.245 e. The van der Waals surface area contributed by atoms with Crippen molar-refractivity contribution < 1.29 is 4.79 Å². The first-order valence-electron chi connectivity index (χ1n) is 7.51. The van der Waals surface area contributed by atoms with Crippen molar-refractivity contribution in [1.82, 2.24) is 24.4 Å². The van der Waals surface area contributed by atoms with E-state index < -0.39 is 0 Å².